The maximum Gasteiger partial charge on any atom is 0.239 e. The zero-order valence-corrected chi connectivity index (χ0v) is 12.8. The van der Waals surface area contributed by atoms with Gasteiger partial charge in [-0.2, -0.15) is 0 Å². The van der Waals surface area contributed by atoms with E-state index in [2.05, 4.69) is 10.6 Å². The van der Waals surface area contributed by atoms with Gasteiger partial charge in [0.25, 0.3) is 0 Å². The molecule has 2 rings (SSSR count). The minimum Gasteiger partial charge on any atom is -0.492 e. The van der Waals surface area contributed by atoms with E-state index in [-0.39, 0.29) is 43.4 Å². The second kappa shape index (κ2) is 8.07. The number of nitrogens with one attached hydrogen (secondary N) is 2. The summed E-state index contributed by atoms with van der Waals surface area (Å²) < 4.78 is 5.51. The Kier molecular flexibility index (Phi) is 6.74. The van der Waals surface area contributed by atoms with Gasteiger partial charge in [0.1, 0.15) is 5.75 Å². The highest BCUT2D eigenvalue weighted by Gasteiger charge is 2.24. The van der Waals surface area contributed by atoms with E-state index in [1.807, 2.05) is 12.1 Å². The van der Waals surface area contributed by atoms with Gasteiger partial charge in [-0.3, -0.25) is 9.59 Å². The van der Waals surface area contributed by atoms with Crippen LogP contribution < -0.4 is 21.1 Å². The van der Waals surface area contributed by atoms with Crippen molar-refractivity contribution in [3.63, 3.8) is 0 Å². The fourth-order valence-electron chi connectivity index (χ4n) is 2.03. The number of ether oxygens (including phenoxy) is 1. The molecule has 0 spiro atoms. The number of amides is 2. The molecule has 1 aliphatic heterocycles. The van der Waals surface area contributed by atoms with Crippen molar-refractivity contribution in [2.45, 2.75) is 12.5 Å². The molecule has 1 aromatic carbocycles. The lowest BCUT2D eigenvalue weighted by atomic mass is 10.0. The summed E-state index contributed by atoms with van der Waals surface area (Å²) >= 11 is 6.06. The van der Waals surface area contributed by atoms with E-state index in [0.29, 0.717) is 23.8 Å². The Hall–Kier alpha value is -1.50. The van der Waals surface area contributed by atoms with Gasteiger partial charge in [-0.15, -0.1) is 12.4 Å². The van der Waals surface area contributed by atoms with Gasteiger partial charge >= 0.3 is 0 Å². The number of hydrogen-bond donors (Lipinski definition) is 3. The normalized spacial score (nSPS) is 16.0. The van der Waals surface area contributed by atoms with E-state index < -0.39 is 0 Å². The summed E-state index contributed by atoms with van der Waals surface area (Å²) in [4.78, 5) is 22.8. The molecule has 6 nitrogen and oxygen atoms in total. The molecule has 0 aromatic heterocycles. The molecule has 1 aliphatic rings. The van der Waals surface area contributed by atoms with Crippen molar-refractivity contribution in [3.8, 4) is 5.75 Å². The van der Waals surface area contributed by atoms with Crippen LogP contribution in [0.1, 0.15) is 18.0 Å². The third-order valence-electron chi connectivity index (χ3n) is 2.99. The number of benzene rings is 1. The molecular formula is C13H17Cl2N3O3. The summed E-state index contributed by atoms with van der Waals surface area (Å²) in [5.41, 5.74) is 6.00. The number of hydrogen-bond acceptors (Lipinski definition) is 4. The maximum absolute atomic E-state index is 11.8. The van der Waals surface area contributed by atoms with Gasteiger partial charge in [-0.05, 0) is 6.07 Å². The Morgan fingerprint density at radius 2 is 2.14 bits per heavy atom. The fourth-order valence-corrected chi connectivity index (χ4v) is 2.27. The quantitative estimate of drug-likeness (QED) is 0.758. The Morgan fingerprint density at radius 1 is 1.38 bits per heavy atom. The number of carbonyl (C=O) groups is 2. The van der Waals surface area contributed by atoms with E-state index in [4.69, 9.17) is 22.1 Å². The molecule has 0 saturated heterocycles. The molecule has 0 radical (unpaired) electrons. The second-order valence-corrected chi connectivity index (χ2v) is 4.80. The Labute approximate surface area is 133 Å². The van der Waals surface area contributed by atoms with Crippen LogP contribution in [0, 0.1) is 0 Å². The van der Waals surface area contributed by atoms with Crippen LogP contribution in [-0.4, -0.2) is 31.5 Å². The lowest BCUT2D eigenvalue weighted by Crippen LogP contribution is -2.41. The zero-order chi connectivity index (χ0) is 14.5. The third-order valence-corrected chi connectivity index (χ3v) is 3.29. The second-order valence-electron chi connectivity index (χ2n) is 4.40. The van der Waals surface area contributed by atoms with Crippen LogP contribution in [-0.2, 0) is 9.59 Å². The van der Waals surface area contributed by atoms with Gasteiger partial charge < -0.3 is 21.1 Å². The van der Waals surface area contributed by atoms with E-state index in [0.717, 1.165) is 5.56 Å². The minimum atomic E-state index is -0.365. The van der Waals surface area contributed by atoms with Gasteiger partial charge in [0.05, 0.1) is 30.8 Å². The van der Waals surface area contributed by atoms with E-state index in [1.165, 1.54) is 0 Å². The topological polar surface area (TPSA) is 93.5 Å². The fraction of sp³-hybridized carbons (Fsp3) is 0.385. The zero-order valence-electron chi connectivity index (χ0n) is 11.2. The number of rotatable bonds is 4. The summed E-state index contributed by atoms with van der Waals surface area (Å²) in [5, 5.41) is 5.80. The number of nitrogens with two attached hydrogens (primary N) is 1. The summed E-state index contributed by atoms with van der Waals surface area (Å²) in [6.45, 7) is 0.253. The highest BCUT2D eigenvalue weighted by atomic mass is 35.5. The van der Waals surface area contributed by atoms with Crippen molar-refractivity contribution in [1.29, 1.82) is 0 Å². The van der Waals surface area contributed by atoms with Crippen LogP contribution >= 0.6 is 24.0 Å². The van der Waals surface area contributed by atoms with Gasteiger partial charge in [-0.1, -0.05) is 23.7 Å². The van der Waals surface area contributed by atoms with Crippen molar-refractivity contribution in [2.75, 3.05) is 19.7 Å². The molecule has 2 amide bonds. The van der Waals surface area contributed by atoms with Crippen molar-refractivity contribution in [3.05, 3.63) is 28.8 Å². The monoisotopic (exact) mass is 333 g/mol. The Balaban J connectivity index is 0.00000220. The first-order chi connectivity index (χ1) is 9.61. The lowest BCUT2D eigenvalue weighted by Gasteiger charge is -2.27. The van der Waals surface area contributed by atoms with Gasteiger partial charge in [0, 0.05) is 12.0 Å². The summed E-state index contributed by atoms with van der Waals surface area (Å²) in [7, 11) is 0. The van der Waals surface area contributed by atoms with Crippen LogP contribution in [0.5, 0.6) is 5.75 Å². The Bertz CT molecular complexity index is 525. The molecule has 1 heterocycles. The lowest BCUT2D eigenvalue weighted by molar-refractivity contribution is -0.125. The van der Waals surface area contributed by atoms with Gasteiger partial charge in [0.15, 0.2) is 0 Å². The molecule has 116 valence electrons. The van der Waals surface area contributed by atoms with Crippen LogP contribution in [0.15, 0.2) is 18.2 Å². The van der Waals surface area contributed by atoms with Crippen molar-refractivity contribution in [1.82, 2.24) is 10.6 Å². The van der Waals surface area contributed by atoms with E-state index >= 15 is 0 Å². The maximum atomic E-state index is 11.8. The predicted molar refractivity (Wildman–Crippen MR) is 81.8 cm³/mol. The van der Waals surface area contributed by atoms with Gasteiger partial charge in [-0.25, -0.2) is 0 Å². The standard InChI is InChI=1S/C13H16ClN3O3.ClH/c14-9-3-1-2-8-10(4-5-20-13(8)9)17-12(19)7-16-11(18)6-15;/h1-3,10H,4-7,15H2,(H,16,18)(H,17,19);1H. The van der Waals surface area contributed by atoms with Crippen LogP contribution in [0.4, 0.5) is 0 Å². The molecule has 4 N–H and O–H groups in total. The first-order valence-corrected chi connectivity index (χ1v) is 6.67. The van der Waals surface area contributed by atoms with E-state index in [9.17, 15) is 9.59 Å². The average molecular weight is 334 g/mol. The molecule has 1 aromatic rings. The molecule has 21 heavy (non-hydrogen) atoms. The van der Waals surface area contributed by atoms with Crippen LogP contribution in [0.25, 0.3) is 0 Å². The largest absolute Gasteiger partial charge is 0.492 e. The number of carbonyl (C=O) groups excluding carboxylic acids is 2. The molecular weight excluding hydrogens is 317 g/mol. The van der Waals surface area contributed by atoms with Crippen LogP contribution in [0.3, 0.4) is 0 Å². The average Bonchev–Trinajstić information content (AvgIpc) is 2.46. The first kappa shape index (κ1) is 17.6. The van der Waals surface area contributed by atoms with Crippen molar-refractivity contribution in [2.24, 2.45) is 5.73 Å². The third kappa shape index (κ3) is 4.49. The smallest absolute Gasteiger partial charge is 0.239 e. The highest BCUT2D eigenvalue weighted by Crippen LogP contribution is 2.37. The predicted octanol–water partition coefficient (Wildman–Crippen LogP) is 0.776. The minimum absolute atomic E-state index is 0. The molecule has 1 unspecified atom stereocenters. The molecule has 0 aliphatic carbocycles. The molecule has 0 bridgehead atoms. The summed E-state index contributed by atoms with van der Waals surface area (Å²) in [5.74, 6) is -0.0306. The number of fused-ring (bicyclic) bond motifs is 1. The molecule has 8 heteroatoms. The van der Waals surface area contributed by atoms with Gasteiger partial charge in [0.2, 0.25) is 11.8 Å². The number of para-hydroxylation sites is 1. The number of halogens is 2. The first-order valence-electron chi connectivity index (χ1n) is 6.29. The van der Waals surface area contributed by atoms with Crippen molar-refractivity contribution >= 4 is 35.8 Å². The highest BCUT2D eigenvalue weighted by molar-refractivity contribution is 6.32. The Morgan fingerprint density at radius 3 is 2.86 bits per heavy atom. The van der Waals surface area contributed by atoms with Crippen molar-refractivity contribution < 1.29 is 14.3 Å². The van der Waals surface area contributed by atoms with Crippen LogP contribution in [0.2, 0.25) is 5.02 Å². The van der Waals surface area contributed by atoms with E-state index in [1.54, 1.807) is 6.07 Å². The molecule has 0 fully saturated rings. The SMILES string of the molecule is Cl.NCC(=O)NCC(=O)NC1CCOc2c(Cl)cccc21. The summed E-state index contributed by atoms with van der Waals surface area (Å²) in [6, 6.07) is 5.25. The molecule has 0 saturated carbocycles. The molecule has 1 atom stereocenters. The summed E-state index contributed by atoms with van der Waals surface area (Å²) in [6.07, 6.45) is 0.657.